The Hall–Kier alpha value is -1.83. The lowest BCUT2D eigenvalue weighted by Crippen LogP contribution is -2.33. The lowest BCUT2D eigenvalue weighted by atomic mass is 10.2. The molecule has 1 aliphatic heterocycles. The van der Waals surface area contributed by atoms with Gasteiger partial charge in [-0.2, -0.15) is 0 Å². The summed E-state index contributed by atoms with van der Waals surface area (Å²) in [7, 11) is -1.10. The molecular weight excluding hydrogens is 294 g/mol. The Bertz CT molecular complexity index is 600. The number of rotatable bonds is 4. The van der Waals surface area contributed by atoms with E-state index >= 15 is 0 Å². The van der Waals surface area contributed by atoms with Gasteiger partial charge in [0.2, 0.25) is 0 Å². The van der Waals surface area contributed by atoms with E-state index < -0.39 is 15.9 Å². The zero-order valence-electron chi connectivity index (χ0n) is 12.1. The highest BCUT2D eigenvalue weighted by Gasteiger charge is 2.31. The van der Waals surface area contributed by atoms with Gasteiger partial charge in [-0.25, -0.2) is 18.2 Å². The molecule has 1 atom stereocenters. The van der Waals surface area contributed by atoms with Crippen LogP contribution in [0.1, 0.15) is 13.3 Å². The number of aromatic nitrogens is 1. The van der Waals surface area contributed by atoms with Crippen molar-refractivity contribution in [1.82, 2.24) is 4.98 Å². The predicted molar refractivity (Wildman–Crippen MR) is 80.3 cm³/mol. The molecule has 0 bridgehead atoms. The third kappa shape index (κ3) is 4.07. The summed E-state index contributed by atoms with van der Waals surface area (Å²) in [6.45, 7) is 2.03. The zero-order valence-corrected chi connectivity index (χ0v) is 12.9. The van der Waals surface area contributed by atoms with Crippen LogP contribution in [0.2, 0.25) is 0 Å². The predicted octanol–water partition coefficient (Wildman–Crippen LogP) is 1.27. The van der Waals surface area contributed by atoms with Gasteiger partial charge in [-0.1, -0.05) is 0 Å². The number of carbonyl (C=O) groups excluding carboxylic acids is 1. The number of anilines is 2. The zero-order chi connectivity index (χ0) is 15.5. The van der Waals surface area contributed by atoms with Gasteiger partial charge in [0.1, 0.15) is 5.82 Å². The summed E-state index contributed by atoms with van der Waals surface area (Å²) in [4.78, 5) is 17.4. The second-order valence-electron chi connectivity index (χ2n) is 4.92. The van der Waals surface area contributed by atoms with E-state index in [4.69, 9.17) is 4.74 Å². The molecule has 8 heteroatoms. The SMILES string of the molecule is CCOC(=O)Nc1ccc(N(C)C2CCS(=O)(=O)C2)nc1. The van der Waals surface area contributed by atoms with Crippen LogP contribution in [0.5, 0.6) is 0 Å². The first-order valence-corrected chi connectivity index (χ1v) is 8.56. The molecule has 2 rings (SSSR count). The summed E-state index contributed by atoms with van der Waals surface area (Å²) >= 11 is 0. The fourth-order valence-electron chi connectivity index (χ4n) is 2.22. The minimum absolute atomic E-state index is 0.0497. The van der Waals surface area contributed by atoms with Crippen LogP contribution in [0.25, 0.3) is 0 Å². The van der Waals surface area contributed by atoms with E-state index in [1.165, 1.54) is 6.20 Å². The van der Waals surface area contributed by atoms with Crippen molar-refractivity contribution >= 4 is 27.4 Å². The number of pyridine rings is 1. The summed E-state index contributed by atoms with van der Waals surface area (Å²) in [5.41, 5.74) is 0.532. The molecule has 1 aromatic rings. The number of sulfone groups is 1. The van der Waals surface area contributed by atoms with Crippen LogP contribution >= 0.6 is 0 Å². The molecule has 1 aliphatic rings. The normalized spacial score (nSPS) is 20.0. The fraction of sp³-hybridized carbons (Fsp3) is 0.538. The first-order chi connectivity index (χ1) is 9.91. The van der Waals surface area contributed by atoms with Gasteiger partial charge in [-0.05, 0) is 25.5 Å². The number of hydrogen-bond donors (Lipinski definition) is 1. The van der Waals surface area contributed by atoms with Crippen molar-refractivity contribution in [2.24, 2.45) is 0 Å². The van der Waals surface area contributed by atoms with Gasteiger partial charge in [0.05, 0.1) is 30.0 Å². The number of nitrogens with zero attached hydrogens (tertiary/aromatic N) is 2. The third-order valence-electron chi connectivity index (χ3n) is 3.39. The molecule has 2 heterocycles. The molecule has 0 saturated carbocycles. The number of hydrogen-bond acceptors (Lipinski definition) is 6. The first-order valence-electron chi connectivity index (χ1n) is 6.74. The van der Waals surface area contributed by atoms with E-state index in [1.807, 2.05) is 11.9 Å². The Kier molecular flexibility index (Phi) is 4.66. The van der Waals surface area contributed by atoms with Crippen molar-refractivity contribution in [3.63, 3.8) is 0 Å². The number of ether oxygens (including phenoxy) is 1. The van der Waals surface area contributed by atoms with Crippen LogP contribution < -0.4 is 10.2 Å². The lowest BCUT2D eigenvalue weighted by Gasteiger charge is -2.24. The first kappa shape index (κ1) is 15.6. The van der Waals surface area contributed by atoms with Gasteiger partial charge >= 0.3 is 6.09 Å². The van der Waals surface area contributed by atoms with Gasteiger partial charge in [-0.3, -0.25) is 5.32 Å². The largest absolute Gasteiger partial charge is 0.450 e. The van der Waals surface area contributed by atoms with Crippen molar-refractivity contribution in [3.05, 3.63) is 18.3 Å². The van der Waals surface area contributed by atoms with Crippen LogP contribution in [0.4, 0.5) is 16.3 Å². The van der Waals surface area contributed by atoms with Gasteiger partial charge in [0.25, 0.3) is 0 Å². The van der Waals surface area contributed by atoms with E-state index in [1.54, 1.807) is 19.1 Å². The standard InChI is InChI=1S/C13H19N3O4S/c1-3-20-13(17)15-10-4-5-12(14-8-10)16(2)11-6-7-21(18,19)9-11/h4-5,8,11H,3,6-7,9H2,1-2H3,(H,15,17). The summed E-state index contributed by atoms with van der Waals surface area (Å²) in [6, 6.07) is 3.40. The molecular formula is C13H19N3O4S. The van der Waals surface area contributed by atoms with Crippen molar-refractivity contribution in [3.8, 4) is 0 Å². The van der Waals surface area contributed by atoms with E-state index in [0.29, 0.717) is 24.5 Å². The topological polar surface area (TPSA) is 88.6 Å². The molecule has 0 spiro atoms. The van der Waals surface area contributed by atoms with Crippen LogP contribution in [0.3, 0.4) is 0 Å². The highest BCUT2D eigenvalue weighted by atomic mass is 32.2. The van der Waals surface area contributed by atoms with E-state index in [-0.39, 0.29) is 17.5 Å². The van der Waals surface area contributed by atoms with Crippen LogP contribution in [0, 0.1) is 0 Å². The van der Waals surface area contributed by atoms with Gasteiger partial charge in [-0.15, -0.1) is 0 Å². The highest BCUT2D eigenvalue weighted by molar-refractivity contribution is 7.91. The molecule has 0 aliphatic carbocycles. The quantitative estimate of drug-likeness (QED) is 0.900. The minimum Gasteiger partial charge on any atom is -0.450 e. The van der Waals surface area contributed by atoms with Crippen LogP contribution in [-0.2, 0) is 14.6 Å². The molecule has 1 fully saturated rings. The monoisotopic (exact) mass is 313 g/mol. The Morgan fingerprint density at radius 1 is 1.52 bits per heavy atom. The molecule has 0 radical (unpaired) electrons. The smallest absolute Gasteiger partial charge is 0.411 e. The molecule has 1 saturated heterocycles. The molecule has 1 unspecified atom stereocenters. The van der Waals surface area contributed by atoms with Crippen LogP contribution in [0.15, 0.2) is 18.3 Å². The van der Waals surface area contributed by atoms with Gasteiger partial charge < -0.3 is 9.64 Å². The number of carbonyl (C=O) groups is 1. The van der Waals surface area contributed by atoms with E-state index in [2.05, 4.69) is 10.3 Å². The molecule has 116 valence electrons. The summed E-state index contributed by atoms with van der Waals surface area (Å²) in [5.74, 6) is 1.06. The Morgan fingerprint density at radius 2 is 2.29 bits per heavy atom. The van der Waals surface area contributed by atoms with Gasteiger partial charge in [0.15, 0.2) is 9.84 Å². The molecule has 1 N–H and O–H groups in total. The average Bonchev–Trinajstić information content (AvgIpc) is 2.79. The summed E-state index contributed by atoms with van der Waals surface area (Å²) in [5, 5.41) is 2.55. The molecule has 1 aromatic heterocycles. The fourth-order valence-corrected chi connectivity index (χ4v) is 4.00. The number of nitrogens with one attached hydrogen (secondary N) is 1. The Morgan fingerprint density at radius 3 is 2.81 bits per heavy atom. The van der Waals surface area contributed by atoms with Gasteiger partial charge in [0, 0.05) is 13.1 Å². The average molecular weight is 313 g/mol. The maximum atomic E-state index is 11.5. The molecule has 0 aromatic carbocycles. The van der Waals surface area contributed by atoms with E-state index in [9.17, 15) is 13.2 Å². The second-order valence-corrected chi connectivity index (χ2v) is 7.15. The van der Waals surface area contributed by atoms with Crippen molar-refractivity contribution in [1.29, 1.82) is 0 Å². The molecule has 1 amide bonds. The van der Waals surface area contributed by atoms with Crippen molar-refractivity contribution in [2.45, 2.75) is 19.4 Å². The Balaban J connectivity index is 2.00. The van der Waals surface area contributed by atoms with Crippen molar-refractivity contribution < 1.29 is 17.9 Å². The number of amides is 1. The molecule has 21 heavy (non-hydrogen) atoms. The van der Waals surface area contributed by atoms with Crippen molar-refractivity contribution in [2.75, 3.05) is 35.4 Å². The lowest BCUT2D eigenvalue weighted by molar-refractivity contribution is 0.168. The maximum absolute atomic E-state index is 11.5. The summed E-state index contributed by atoms with van der Waals surface area (Å²) in [6.07, 6.45) is 1.61. The maximum Gasteiger partial charge on any atom is 0.411 e. The van der Waals surface area contributed by atoms with Crippen LogP contribution in [-0.4, -0.2) is 50.7 Å². The molecule has 7 nitrogen and oxygen atoms in total. The van der Waals surface area contributed by atoms with E-state index in [0.717, 1.165) is 0 Å². The highest BCUT2D eigenvalue weighted by Crippen LogP contribution is 2.22. The Labute approximate surface area is 124 Å². The minimum atomic E-state index is -2.92. The second kappa shape index (κ2) is 6.30. The third-order valence-corrected chi connectivity index (χ3v) is 5.14. The summed E-state index contributed by atoms with van der Waals surface area (Å²) < 4.78 is 27.8.